The molecule has 0 radical (unpaired) electrons. The molecule has 1 N–H and O–H groups in total. The molecule has 3 nitrogen and oxygen atoms in total. The number of halogens is 2. The summed E-state index contributed by atoms with van der Waals surface area (Å²) in [5.41, 5.74) is 0.306. The van der Waals surface area contributed by atoms with Crippen molar-refractivity contribution in [2.75, 3.05) is 11.9 Å². The van der Waals surface area contributed by atoms with Crippen molar-refractivity contribution >= 4 is 23.2 Å². The van der Waals surface area contributed by atoms with E-state index >= 15 is 0 Å². The van der Waals surface area contributed by atoms with Gasteiger partial charge in [-0.05, 0) is 51.3 Å². The number of rotatable bonds is 3. The van der Waals surface area contributed by atoms with Crippen LogP contribution >= 0.6 is 11.6 Å². The lowest BCUT2D eigenvalue weighted by atomic mass is 9.97. The Morgan fingerprint density at radius 1 is 1.40 bits per heavy atom. The van der Waals surface area contributed by atoms with Gasteiger partial charge in [0, 0.05) is 17.1 Å². The molecule has 0 aliphatic carbocycles. The molecule has 0 bridgehead atoms. The van der Waals surface area contributed by atoms with E-state index in [0.29, 0.717) is 10.7 Å². The van der Waals surface area contributed by atoms with E-state index in [2.05, 4.69) is 19.2 Å². The Bertz CT molecular complexity index is 485. The summed E-state index contributed by atoms with van der Waals surface area (Å²) < 4.78 is 13.6. The van der Waals surface area contributed by atoms with Crippen molar-refractivity contribution in [3.63, 3.8) is 0 Å². The highest BCUT2D eigenvalue weighted by molar-refractivity contribution is 6.30. The second-order valence-electron chi connectivity index (χ2n) is 5.41. The third-order valence-corrected chi connectivity index (χ3v) is 4.08. The zero-order valence-corrected chi connectivity index (χ0v) is 12.6. The topological polar surface area (TPSA) is 32.3 Å². The molecule has 1 aromatic rings. The van der Waals surface area contributed by atoms with Gasteiger partial charge in [-0.25, -0.2) is 4.39 Å². The van der Waals surface area contributed by atoms with Crippen LogP contribution in [0, 0.1) is 5.82 Å². The standard InChI is InChI=1S/C15H20ClFN2O/c1-10-4-3-5-11(2)19(10)15(20)9-18-14-7-6-12(16)8-13(14)17/h6-8,10-11,18H,3-5,9H2,1-2H3. The first-order chi connectivity index (χ1) is 9.49. The number of carbonyl (C=O) groups excluding carboxylic acids is 1. The van der Waals surface area contributed by atoms with Crippen molar-refractivity contribution in [3.8, 4) is 0 Å². The summed E-state index contributed by atoms with van der Waals surface area (Å²) in [6, 6.07) is 4.89. The van der Waals surface area contributed by atoms with Crippen molar-refractivity contribution in [1.82, 2.24) is 4.90 Å². The van der Waals surface area contributed by atoms with Crippen LogP contribution in [0.3, 0.4) is 0 Å². The summed E-state index contributed by atoms with van der Waals surface area (Å²) in [7, 11) is 0. The Labute approximate surface area is 124 Å². The van der Waals surface area contributed by atoms with E-state index in [0.717, 1.165) is 19.3 Å². The van der Waals surface area contributed by atoms with Crippen LogP contribution in [0.4, 0.5) is 10.1 Å². The highest BCUT2D eigenvalue weighted by Crippen LogP contribution is 2.23. The summed E-state index contributed by atoms with van der Waals surface area (Å²) >= 11 is 5.70. The van der Waals surface area contributed by atoms with Gasteiger partial charge in [0.15, 0.2) is 0 Å². The maximum absolute atomic E-state index is 13.6. The molecule has 1 aliphatic heterocycles. The number of nitrogens with one attached hydrogen (secondary N) is 1. The minimum atomic E-state index is -0.440. The van der Waals surface area contributed by atoms with Crippen molar-refractivity contribution < 1.29 is 9.18 Å². The van der Waals surface area contributed by atoms with Gasteiger partial charge in [-0.15, -0.1) is 0 Å². The van der Waals surface area contributed by atoms with E-state index in [1.165, 1.54) is 6.07 Å². The number of nitrogens with zero attached hydrogens (tertiary/aromatic N) is 1. The number of hydrogen-bond acceptors (Lipinski definition) is 2. The molecule has 2 unspecified atom stereocenters. The fourth-order valence-corrected chi connectivity index (χ4v) is 2.97. The Morgan fingerprint density at radius 2 is 2.05 bits per heavy atom. The number of piperidine rings is 1. The number of likely N-dealkylation sites (tertiary alicyclic amines) is 1. The van der Waals surface area contributed by atoms with E-state index in [4.69, 9.17) is 11.6 Å². The highest BCUT2D eigenvalue weighted by atomic mass is 35.5. The van der Waals surface area contributed by atoms with Crippen LogP contribution in [-0.4, -0.2) is 29.4 Å². The maximum atomic E-state index is 13.6. The van der Waals surface area contributed by atoms with Gasteiger partial charge < -0.3 is 10.2 Å². The first-order valence-corrected chi connectivity index (χ1v) is 7.37. The van der Waals surface area contributed by atoms with E-state index in [1.807, 2.05) is 4.90 Å². The molecule has 1 amide bonds. The van der Waals surface area contributed by atoms with Gasteiger partial charge in [0.2, 0.25) is 5.91 Å². The van der Waals surface area contributed by atoms with Crippen LogP contribution in [0.25, 0.3) is 0 Å². The normalized spacial score (nSPS) is 22.7. The second kappa shape index (κ2) is 6.44. The molecule has 1 heterocycles. The Balaban J connectivity index is 1.97. The zero-order chi connectivity index (χ0) is 14.7. The molecule has 20 heavy (non-hydrogen) atoms. The number of hydrogen-bond donors (Lipinski definition) is 1. The Hall–Kier alpha value is -1.29. The average molecular weight is 299 g/mol. The quantitative estimate of drug-likeness (QED) is 0.923. The summed E-state index contributed by atoms with van der Waals surface area (Å²) in [5.74, 6) is -0.427. The lowest BCUT2D eigenvalue weighted by Crippen LogP contribution is -2.49. The molecule has 110 valence electrons. The van der Waals surface area contributed by atoms with Gasteiger partial charge in [0.05, 0.1) is 12.2 Å². The van der Waals surface area contributed by atoms with Crippen molar-refractivity contribution in [2.24, 2.45) is 0 Å². The highest BCUT2D eigenvalue weighted by Gasteiger charge is 2.28. The van der Waals surface area contributed by atoms with Crippen LogP contribution in [0.5, 0.6) is 0 Å². The van der Waals surface area contributed by atoms with E-state index in [9.17, 15) is 9.18 Å². The van der Waals surface area contributed by atoms with Gasteiger partial charge in [-0.1, -0.05) is 11.6 Å². The molecule has 0 aromatic heterocycles. The molecule has 1 aromatic carbocycles. The minimum Gasteiger partial charge on any atom is -0.374 e. The predicted octanol–water partition coefficient (Wildman–Crippen LogP) is 3.68. The largest absolute Gasteiger partial charge is 0.374 e. The van der Waals surface area contributed by atoms with E-state index < -0.39 is 5.82 Å². The summed E-state index contributed by atoms with van der Waals surface area (Å²) in [6.45, 7) is 4.24. The van der Waals surface area contributed by atoms with Crippen LogP contribution in [0.1, 0.15) is 33.1 Å². The molecule has 1 saturated heterocycles. The third kappa shape index (κ3) is 3.42. The monoisotopic (exact) mass is 298 g/mol. The number of benzene rings is 1. The third-order valence-electron chi connectivity index (χ3n) is 3.84. The predicted molar refractivity (Wildman–Crippen MR) is 79.5 cm³/mol. The minimum absolute atomic E-state index is 0.0130. The molecule has 0 saturated carbocycles. The lowest BCUT2D eigenvalue weighted by molar-refractivity contribution is -0.135. The first-order valence-electron chi connectivity index (χ1n) is 6.99. The van der Waals surface area contributed by atoms with Crippen LogP contribution in [0.2, 0.25) is 5.02 Å². The molecule has 1 fully saturated rings. The Morgan fingerprint density at radius 3 is 2.65 bits per heavy atom. The molecule has 0 spiro atoms. The maximum Gasteiger partial charge on any atom is 0.242 e. The smallest absolute Gasteiger partial charge is 0.242 e. The fourth-order valence-electron chi connectivity index (χ4n) is 2.81. The van der Waals surface area contributed by atoms with E-state index in [-0.39, 0.29) is 24.5 Å². The summed E-state index contributed by atoms with van der Waals surface area (Å²) in [5, 5.41) is 3.20. The van der Waals surface area contributed by atoms with Crippen molar-refractivity contribution in [1.29, 1.82) is 0 Å². The van der Waals surface area contributed by atoms with Gasteiger partial charge in [-0.3, -0.25) is 4.79 Å². The first kappa shape index (κ1) is 15.1. The molecule has 2 rings (SSSR count). The van der Waals surface area contributed by atoms with Crippen LogP contribution in [0.15, 0.2) is 18.2 Å². The van der Waals surface area contributed by atoms with Crippen LogP contribution < -0.4 is 5.32 Å². The van der Waals surface area contributed by atoms with Crippen molar-refractivity contribution in [3.05, 3.63) is 29.0 Å². The van der Waals surface area contributed by atoms with Crippen LogP contribution in [-0.2, 0) is 4.79 Å². The molecule has 5 heteroatoms. The fraction of sp³-hybridized carbons (Fsp3) is 0.533. The molecule has 2 atom stereocenters. The SMILES string of the molecule is CC1CCCC(C)N1C(=O)CNc1ccc(Cl)cc1F. The molecular weight excluding hydrogens is 279 g/mol. The molecule has 1 aliphatic rings. The van der Waals surface area contributed by atoms with Gasteiger partial charge in [0.25, 0.3) is 0 Å². The number of anilines is 1. The number of amides is 1. The summed E-state index contributed by atoms with van der Waals surface area (Å²) in [4.78, 5) is 14.2. The van der Waals surface area contributed by atoms with Gasteiger partial charge in [-0.2, -0.15) is 0 Å². The average Bonchev–Trinajstić information content (AvgIpc) is 2.37. The van der Waals surface area contributed by atoms with E-state index in [1.54, 1.807) is 12.1 Å². The Kier molecular flexibility index (Phi) is 4.86. The second-order valence-corrected chi connectivity index (χ2v) is 5.84. The van der Waals surface area contributed by atoms with Gasteiger partial charge >= 0.3 is 0 Å². The molecular formula is C15H20ClFN2O. The summed E-state index contributed by atoms with van der Waals surface area (Å²) in [6.07, 6.45) is 3.22. The van der Waals surface area contributed by atoms with Gasteiger partial charge in [0.1, 0.15) is 5.82 Å². The lowest BCUT2D eigenvalue weighted by Gasteiger charge is -2.39. The van der Waals surface area contributed by atoms with Crippen molar-refractivity contribution in [2.45, 2.75) is 45.2 Å². The number of carbonyl (C=O) groups is 1. The zero-order valence-electron chi connectivity index (χ0n) is 11.8.